The van der Waals surface area contributed by atoms with Crippen molar-refractivity contribution in [3.8, 4) is 0 Å². The molecule has 0 N–H and O–H groups in total. The van der Waals surface area contributed by atoms with Crippen molar-refractivity contribution in [2.24, 2.45) is 28.6 Å². The number of hydrogen-bond acceptors (Lipinski definition) is 1. The lowest BCUT2D eigenvalue weighted by Gasteiger charge is -2.37. The van der Waals surface area contributed by atoms with Crippen LogP contribution in [0.1, 0.15) is 53.4 Å². The molecule has 4 aliphatic rings. The first-order valence-corrected chi connectivity index (χ1v) is 7.09. The zero-order valence-corrected chi connectivity index (χ0v) is 11.0. The van der Waals surface area contributed by atoms with Crippen LogP contribution in [0.25, 0.3) is 0 Å². The van der Waals surface area contributed by atoms with Crippen LogP contribution in [-0.2, 0) is 4.74 Å². The molecule has 0 unspecified atom stereocenters. The van der Waals surface area contributed by atoms with E-state index in [1.54, 1.807) is 0 Å². The Labute approximate surface area is 98.9 Å². The minimum absolute atomic E-state index is 0.263. The highest BCUT2D eigenvalue weighted by Gasteiger charge is 2.76. The van der Waals surface area contributed by atoms with Gasteiger partial charge in [-0.3, -0.25) is 0 Å². The third-order valence-electron chi connectivity index (χ3n) is 7.18. The van der Waals surface area contributed by atoms with Crippen LogP contribution < -0.4 is 0 Å². The van der Waals surface area contributed by atoms with E-state index in [9.17, 15) is 0 Å². The van der Waals surface area contributed by atoms with E-state index in [-0.39, 0.29) is 5.60 Å². The number of hydrogen-bond donors (Lipinski definition) is 0. The van der Waals surface area contributed by atoms with Crippen molar-refractivity contribution >= 4 is 0 Å². The molecule has 2 bridgehead atoms. The molecule has 0 aromatic rings. The second kappa shape index (κ2) is 2.39. The highest BCUT2D eigenvalue weighted by Crippen LogP contribution is 2.77. The van der Waals surface area contributed by atoms with Crippen molar-refractivity contribution in [3.63, 3.8) is 0 Å². The topological polar surface area (TPSA) is 12.5 Å². The Morgan fingerprint density at radius 3 is 2.50 bits per heavy atom. The van der Waals surface area contributed by atoms with E-state index < -0.39 is 0 Å². The lowest BCUT2D eigenvalue weighted by molar-refractivity contribution is 0.0866. The summed E-state index contributed by atoms with van der Waals surface area (Å²) in [6.07, 6.45) is 6.38. The number of rotatable bonds is 0. The molecule has 1 aliphatic heterocycles. The van der Waals surface area contributed by atoms with Crippen LogP contribution in [0.15, 0.2) is 0 Å². The van der Waals surface area contributed by atoms with Gasteiger partial charge in [0, 0.05) is 0 Å². The van der Waals surface area contributed by atoms with Crippen LogP contribution in [0, 0.1) is 28.6 Å². The van der Waals surface area contributed by atoms with Gasteiger partial charge < -0.3 is 4.74 Å². The van der Waals surface area contributed by atoms with E-state index in [1.165, 1.54) is 25.7 Å². The number of epoxide rings is 1. The van der Waals surface area contributed by atoms with Crippen molar-refractivity contribution in [2.75, 3.05) is 0 Å². The van der Waals surface area contributed by atoms with Gasteiger partial charge in [-0.1, -0.05) is 20.8 Å². The minimum atomic E-state index is 0.263. The highest BCUT2D eigenvalue weighted by molar-refractivity contribution is 5.24. The summed E-state index contributed by atoms with van der Waals surface area (Å²) in [5.74, 6) is 2.75. The predicted molar refractivity (Wildman–Crippen MR) is 64.1 cm³/mol. The fourth-order valence-electron chi connectivity index (χ4n) is 6.21. The number of ether oxygens (including phenoxy) is 1. The zero-order valence-electron chi connectivity index (χ0n) is 11.0. The summed E-state index contributed by atoms with van der Waals surface area (Å²) in [5.41, 5.74) is 1.44. The van der Waals surface area contributed by atoms with Crippen LogP contribution in [0.2, 0.25) is 0 Å². The quantitative estimate of drug-likeness (QED) is 0.568. The maximum absolute atomic E-state index is 6.09. The SMILES string of the molecule is C[C@@H]1CC[C@H]2C(C)(C)[C@@H]3C[C@]12C[C@@H]1O[C@@]13C. The molecule has 0 aromatic heterocycles. The summed E-state index contributed by atoms with van der Waals surface area (Å²) in [6, 6.07) is 0. The summed E-state index contributed by atoms with van der Waals surface area (Å²) < 4.78 is 6.09. The molecule has 6 atom stereocenters. The molecule has 1 heteroatoms. The van der Waals surface area contributed by atoms with Gasteiger partial charge in [-0.05, 0) is 61.2 Å². The third-order valence-corrected chi connectivity index (χ3v) is 7.18. The monoisotopic (exact) mass is 220 g/mol. The van der Waals surface area contributed by atoms with E-state index in [1.807, 2.05) is 0 Å². The van der Waals surface area contributed by atoms with Crippen molar-refractivity contribution in [3.05, 3.63) is 0 Å². The smallest absolute Gasteiger partial charge is 0.0954 e. The van der Waals surface area contributed by atoms with Crippen LogP contribution >= 0.6 is 0 Å². The molecule has 1 nitrogen and oxygen atoms in total. The molecule has 90 valence electrons. The molecule has 4 rings (SSSR count). The molecule has 0 radical (unpaired) electrons. The molecule has 1 heterocycles. The van der Waals surface area contributed by atoms with E-state index >= 15 is 0 Å². The number of fused-ring (bicyclic) bond motifs is 3. The van der Waals surface area contributed by atoms with Crippen molar-refractivity contribution in [1.82, 2.24) is 0 Å². The van der Waals surface area contributed by atoms with Crippen LogP contribution in [0.3, 0.4) is 0 Å². The van der Waals surface area contributed by atoms with E-state index in [0.29, 0.717) is 16.9 Å². The standard InChI is InChI=1S/C15H24O/c1-9-5-6-10-13(2,3)11-7-15(9,10)8-12-14(11,4)16-12/h9-12H,5-8H2,1-4H3/t9-,10+,11+,12+,14-,15+/m1/s1. The van der Waals surface area contributed by atoms with Crippen molar-refractivity contribution in [2.45, 2.75) is 65.1 Å². The first kappa shape index (κ1) is 9.94. The zero-order chi connectivity index (χ0) is 11.3. The maximum atomic E-state index is 6.09. The molecule has 1 spiro atoms. The first-order chi connectivity index (χ1) is 7.41. The Morgan fingerprint density at radius 2 is 1.75 bits per heavy atom. The van der Waals surface area contributed by atoms with E-state index in [2.05, 4.69) is 27.7 Å². The second-order valence-electron chi connectivity index (χ2n) is 7.84. The summed E-state index contributed by atoms with van der Waals surface area (Å²) in [7, 11) is 0. The van der Waals surface area contributed by atoms with Gasteiger partial charge in [0.25, 0.3) is 0 Å². The van der Waals surface area contributed by atoms with Gasteiger partial charge in [-0.2, -0.15) is 0 Å². The van der Waals surface area contributed by atoms with Gasteiger partial charge in [-0.25, -0.2) is 0 Å². The van der Waals surface area contributed by atoms with Gasteiger partial charge in [-0.15, -0.1) is 0 Å². The van der Waals surface area contributed by atoms with E-state index in [4.69, 9.17) is 4.74 Å². The summed E-state index contributed by atoms with van der Waals surface area (Å²) in [6.45, 7) is 9.93. The van der Waals surface area contributed by atoms with Crippen LogP contribution in [0.5, 0.6) is 0 Å². The molecule has 1 saturated heterocycles. The summed E-state index contributed by atoms with van der Waals surface area (Å²) in [5, 5.41) is 0. The lowest BCUT2D eigenvalue weighted by Crippen LogP contribution is -2.36. The minimum Gasteiger partial charge on any atom is -0.366 e. The Hall–Kier alpha value is -0.0400. The molecule has 0 amide bonds. The van der Waals surface area contributed by atoms with Crippen LogP contribution in [-0.4, -0.2) is 11.7 Å². The Balaban J connectivity index is 1.85. The molecular formula is C15H24O. The van der Waals surface area contributed by atoms with Crippen LogP contribution in [0.4, 0.5) is 0 Å². The molecule has 4 fully saturated rings. The van der Waals surface area contributed by atoms with Gasteiger partial charge in [0.2, 0.25) is 0 Å². The summed E-state index contributed by atoms with van der Waals surface area (Å²) in [4.78, 5) is 0. The average Bonchev–Trinajstić information content (AvgIpc) is 2.67. The molecule has 16 heavy (non-hydrogen) atoms. The first-order valence-electron chi connectivity index (χ1n) is 7.09. The Bertz CT molecular complexity index is 356. The Kier molecular flexibility index (Phi) is 1.48. The van der Waals surface area contributed by atoms with Gasteiger partial charge in [0.1, 0.15) is 0 Å². The molecular weight excluding hydrogens is 196 g/mol. The molecule has 0 aromatic carbocycles. The maximum Gasteiger partial charge on any atom is 0.0954 e. The average molecular weight is 220 g/mol. The normalized spacial score (nSPS) is 65.2. The molecule has 3 saturated carbocycles. The van der Waals surface area contributed by atoms with Gasteiger partial charge in [0.05, 0.1) is 11.7 Å². The van der Waals surface area contributed by atoms with Gasteiger partial charge >= 0.3 is 0 Å². The third kappa shape index (κ3) is 0.805. The highest BCUT2D eigenvalue weighted by atomic mass is 16.6. The predicted octanol–water partition coefficient (Wildman–Crippen LogP) is 3.63. The summed E-state index contributed by atoms with van der Waals surface area (Å²) >= 11 is 0. The van der Waals surface area contributed by atoms with Crippen molar-refractivity contribution < 1.29 is 4.74 Å². The largest absolute Gasteiger partial charge is 0.366 e. The van der Waals surface area contributed by atoms with Crippen molar-refractivity contribution in [1.29, 1.82) is 0 Å². The Morgan fingerprint density at radius 1 is 1.00 bits per heavy atom. The second-order valence-corrected chi connectivity index (χ2v) is 7.84. The molecule has 3 aliphatic carbocycles. The fraction of sp³-hybridized carbons (Fsp3) is 1.00. The fourth-order valence-corrected chi connectivity index (χ4v) is 6.21. The van der Waals surface area contributed by atoms with Gasteiger partial charge in [0.15, 0.2) is 0 Å². The van der Waals surface area contributed by atoms with E-state index in [0.717, 1.165) is 17.8 Å². The lowest BCUT2D eigenvalue weighted by atomic mass is 9.66.